The van der Waals surface area contributed by atoms with Gasteiger partial charge in [-0.3, -0.25) is 5.10 Å². The van der Waals surface area contributed by atoms with Crippen LogP contribution in [0.25, 0.3) is 5.57 Å². The Kier molecular flexibility index (Phi) is 3.03. The fourth-order valence-electron chi connectivity index (χ4n) is 1.88. The van der Waals surface area contributed by atoms with E-state index in [1.165, 1.54) is 0 Å². The van der Waals surface area contributed by atoms with Crippen molar-refractivity contribution in [3.05, 3.63) is 23.3 Å². The second-order valence-electron chi connectivity index (χ2n) is 3.64. The highest BCUT2D eigenvalue weighted by atomic mass is 19.1. The molecule has 0 fully saturated rings. The molecule has 1 aliphatic rings. The van der Waals surface area contributed by atoms with E-state index in [0.717, 1.165) is 18.4 Å². The number of carbonyl (C=O) groups is 1. The van der Waals surface area contributed by atoms with Gasteiger partial charge in [0.05, 0.1) is 18.5 Å². The first-order valence-corrected chi connectivity index (χ1v) is 5.32. The van der Waals surface area contributed by atoms with Crippen LogP contribution in [0.3, 0.4) is 0 Å². The van der Waals surface area contributed by atoms with Crippen molar-refractivity contribution < 1.29 is 13.9 Å². The van der Waals surface area contributed by atoms with E-state index < -0.39 is 11.8 Å². The second-order valence-corrected chi connectivity index (χ2v) is 3.64. The lowest BCUT2D eigenvalue weighted by Gasteiger charge is -2.14. The molecule has 0 saturated heterocycles. The predicted octanol–water partition coefficient (Wildman–Crippen LogP) is 1.99. The van der Waals surface area contributed by atoms with Crippen LogP contribution in [0.1, 0.15) is 31.0 Å². The summed E-state index contributed by atoms with van der Waals surface area (Å²) in [5.41, 5.74) is 1.98. The lowest BCUT2D eigenvalue weighted by molar-refractivity contribution is -0.140. The molecular formula is C11H13FN2O2. The SMILES string of the molecule is CCOC(=O)/C(F)=C1\CCCc2cn[nH]c21. The number of fused-ring (bicyclic) bond motifs is 1. The summed E-state index contributed by atoms with van der Waals surface area (Å²) in [4.78, 5) is 11.3. The van der Waals surface area contributed by atoms with Gasteiger partial charge >= 0.3 is 5.97 Å². The molecule has 0 aromatic carbocycles. The maximum absolute atomic E-state index is 13.8. The number of ether oxygens (including phenoxy) is 1. The molecule has 1 heterocycles. The molecule has 1 aromatic rings. The minimum atomic E-state index is -0.889. The predicted molar refractivity (Wildman–Crippen MR) is 56.2 cm³/mol. The largest absolute Gasteiger partial charge is 0.461 e. The Morgan fingerprint density at radius 3 is 3.19 bits per heavy atom. The third kappa shape index (κ3) is 1.85. The van der Waals surface area contributed by atoms with Crippen molar-refractivity contribution in [3.8, 4) is 0 Å². The van der Waals surface area contributed by atoms with Gasteiger partial charge in [-0.1, -0.05) is 0 Å². The van der Waals surface area contributed by atoms with Crippen LogP contribution >= 0.6 is 0 Å². The van der Waals surface area contributed by atoms with Gasteiger partial charge in [-0.2, -0.15) is 9.49 Å². The molecule has 0 aliphatic heterocycles. The van der Waals surface area contributed by atoms with Crippen molar-refractivity contribution in [2.75, 3.05) is 6.61 Å². The molecule has 0 spiro atoms. The zero-order valence-corrected chi connectivity index (χ0v) is 9.05. The van der Waals surface area contributed by atoms with Gasteiger partial charge in [0.15, 0.2) is 0 Å². The first kappa shape index (κ1) is 10.9. The van der Waals surface area contributed by atoms with E-state index in [2.05, 4.69) is 14.9 Å². The van der Waals surface area contributed by atoms with Crippen LogP contribution in [0.5, 0.6) is 0 Å². The van der Waals surface area contributed by atoms with Gasteiger partial charge in [-0.25, -0.2) is 4.79 Å². The van der Waals surface area contributed by atoms with Crippen molar-refractivity contribution in [1.29, 1.82) is 0 Å². The molecule has 1 aromatic heterocycles. The Hall–Kier alpha value is -1.65. The Morgan fingerprint density at radius 1 is 1.62 bits per heavy atom. The first-order valence-electron chi connectivity index (χ1n) is 5.32. The number of nitrogens with one attached hydrogen (secondary N) is 1. The van der Waals surface area contributed by atoms with Crippen molar-refractivity contribution in [1.82, 2.24) is 10.2 Å². The lowest BCUT2D eigenvalue weighted by Crippen LogP contribution is -2.10. The number of nitrogens with zero attached hydrogens (tertiary/aromatic N) is 1. The fourth-order valence-corrected chi connectivity index (χ4v) is 1.88. The number of rotatable bonds is 2. The van der Waals surface area contributed by atoms with E-state index in [1.807, 2.05) is 0 Å². The number of aromatic amines is 1. The van der Waals surface area contributed by atoms with Gasteiger partial charge in [0.25, 0.3) is 0 Å². The number of carbonyl (C=O) groups excluding carboxylic acids is 1. The number of allylic oxidation sites excluding steroid dienone is 1. The number of esters is 1. The van der Waals surface area contributed by atoms with E-state index in [1.54, 1.807) is 13.1 Å². The van der Waals surface area contributed by atoms with Gasteiger partial charge in [-0.15, -0.1) is 0 Å². The van der Waals surface area contributed by atoms with Crippen LogP contribution in [0.4, 0.5) is 4.39 Å². The van der Waals surface area contributed by atoms with E-state index in [0.29, 0.717) is 17.7 Å². The highest BCUT2D eigenvalue weighted by Crippen LogP contribution is 2.32. The van der Waals surface area contributed by atoms with Crippen LogP contribution in [-0.4, -0.2) is 22.8 Å². The van der Waals surface area contributed by atoms with Crippen LogP contribution in [-0.2, 0) is 16.0 Å². The third-order valence-corrected chi connectivity index (χ3v) is 2.61. The number of halogens is 1. The van der Waals surface area contributed by atoms with Crippen LogP contribution in [0.2, 0.25) is 0 Å². The molecule has 1 aliphatic carbocycles. The quantitative estimate of drug-likeness (QED) is 0.617. The highest BCUT2D eigenvalue weighted by molar-refractivity contribution is 5.95. The number of aromatic nitrogens is 2. The molecule has 0 radical (unpaired) electrons. The smallest absolute Gasteiger partial charge is 0.367 e. The van der Waals surface area contributed by atoms with Crippen molar-refractivity contribution in [3.63, 3.8) is 0 Å². The zero-order valence-electron chi connectivity index (χ0n) is 9.05. The maximum atomic E-state index is 13.8. The average molecular weight is 224 g/mol. The van der Waals surface area contributed by atoms with Crippen molar-refractivity contribution >= 4 is 11.5 Å². The molecule has 0 bridgehead atoms. The summed E-state index contributed by atoms with van der Waals surface area (Å²) in [6.07, 6.45) is 3.91. The zero-order chi connectivity index (χ0) is 11.5. The summed E-state index contributed by atoms with van der Waals surface area (Å²) in [5, 5.41) is 6.59. The van der Waals surface area contributed by atoms with Gasteiger partial charge in [0.1, 0.15) is 0 Å². The first-order chi connectivity index (χ1) is 7.74. The summed E-state index contributed by atoms with van der Waals surface area (Å²) >= 11 is 0. The van der Waals surface area contributed by atoms with Gasteiger partial charge < -0.3 is 4.74 Å². The van der Waals surface area contributed by atoms with Crippen LogP contribution in [0, 0.1) is 0 Å². The van der Waals surface area contributed by atoms with Crippen LogP contribution in [0.15, 0.2) is 12.0 Å². The van der Waals surface area contributed by atoms with E-state index in [4.69, 9.17) is 0 Å². The molecule has 86 valence electrons. The molecule has 0 atom stereocenters. The molecule has 4 nitrogen and oxygen atoms in total. The van der Waals surface area contributed by atoms with Crippen molar-refractivity contribution in [2.45, 2.75) is 26.2 Å². The molecule has 16 heavy (non-hydrogen) atoms. The minimum Gasteiger partial charge on any atom is -0.461 e. The number of hydrogen-bond donors (Lipinski definition) is 1. The van der Waals surface area contributed by atoms with Crippen LogP contribution < -0.4 is 0 Å². The Balaban J connectivity index is 2.35. The second kappa shape index (κ2) is 4.47. The molecule has 1 N–H and O–H groups in total. The highest BCUT2D eigenvalue weighted by Gasteiger charge is 2.24. The summed E-state index contributed by atoms with van der Waals surface area (Å²) in [6.45, 7) is 1.83. The number of aryl methyl sites for hydroxylation is 1. The standard InChI is InChI=1S/C11H13FN2O2/c1-2-16-11(15)9(12)8-5-3-4-7-6-13-14-10(7)8/h6H,2-5H2,1H3,(H,13,14)/b9-8-. The fraction of sp³-hybridized carbons (Fsp3) is 0.455. The van der Waals surface area contributed by atoms with E-state index in [-0.39, 0.29) is 6.61 Å². The van der Waals surface area contributed by atoms with Gasteiger partial charge in [0.2, 0.25) is 5.83 Å². The molecule has 0 saturated carbocycles. The average Bonchev–Trinajstić information content (AvgIpc) is 2.76. The summed E-state index contributed by atoms with van der Waals surface area (Å²) < 4.78 is 18.4. The Labute approximate surface area is 92.5 Å². The topological polar surface area (TPSA) is 55.0 Å². The maximum Gasteiger partial charge on any atom is 0.367 e. The molecule has 0 unspecified atom stereocenters. The monoisotopic (exact) mass is 224 g/mol. The molecule has 0 amide bonds. The van der Waals surface area contributed by atoms with E-state index in [9.17, 15) is 9.18 Å². The van der Waals surface area contributed by atoms with Crippen molar-refractivity contribution in [2.24, 2.45) is 0 Å². The third-order valence-electron chi connectivity index (χ3n) is 2.61. The molecule has 2 rings (SSSR count). The van der Waals surface area contributed by atoms with Gasteiger partial charge in [0, 0.05) is 5.57 Å². The Bertz CT molecular complexity index is 437. The molecular weight excluding hydrogens is 211 g/mol. The number of hydrogen-bond acceptors (Lipinski definition) is 3. The molecule has 5 heteroatoms. The minimum absolute atomic E-state index is 0.176. The van der Waals surface area contributed by atoms with E-state index >= 15 is 0 Å². The summed E-state index contributed by atoms with van der Waals surface area (Å²) in [5.74, 6) is -1.69. The summed E-state index contributed by atoms with van der Waals surface area (Å²) in [7, 11) is 0. The number of H-pyrrole nitrogens is 1. The Morgan fingerprint density at radius 2 is 2.44 bits per heavy atom. The summed E-state index contributed by atoms with van der Waals surface area (Å²) in [6, 6.07) is 0. The lowest BCUT2D eigenvalue weighted by atomic mass is 9.92. The van der Waals surface area contributed by atoms with Gasteiger partial charge in [-0.05, 0) is 31.7 Å². The normalized spacial score (nSPS) is 17.9.